The Balaban J connectivity index is 1.95. The van der Waals surface area contributed by atoms with E-state index in [1.54, 1.807) is 0 Å². The molecule has 5 nitrogen and oxygen atoms in total. The zero-order valence-corrected chi connectivity index (χ0v) is 15.0. The van der Waals surface area contributed by atoms with Crippen molar-refractivity contribution in [2.45, 2.75) is 58.4 Å². The minimum absolute atomic E-state index is 0.107. The van der Waals surface area contributed by atoms with Gasteiger partial charge in [-0.1, -0.05) is 6.42 Å². The smallest absolute Gasteiger partial charge is 0.226 e. The van der Waals surface area contributed by atoms with Crippen LogP contribution in [-0.4, -0.2) is 60.9 Å². The number of amides is 2. The lowest BCUT2D eigenvalue weighted by molar-refractivity contribution is -0.140. The summed E-state index contributed by atoms with van der Waals surface area (Å²) in [4.78, 5) is 28.8. The molecular weight excluding hydrogens is 290 g/mol. The first-order valence-corrected chi connectivity index (χ1v) is 9.31. The van der Waals surface area contributed by atoms with Gasteiger partial charge in [-0.3, -0.25) is 9.59 Å². The second-order valence-electron chi connectivity index (χ2n) is 7.17. The van der Waals surface area contributed by atoms with Gasteiger partial charge in [-0.05, 0) is 52.0 Å². The molecule has 132 valence electrons. The van der Waals surface area contributed by atoms with E-state index in [2.05, 4.69) is 5.32 Å². The van der Waals surface area contributed by atoms with Crippen LogP contribution in [0.25, 0.3) is 0 Å². The molecule has 1 aliphatic carbocycles. The molecule has 0 unspecified atom stereocenters. The molecule has 2 rings (SSSR count). The van der Waals surface area contributed by atoms with Crippen LogP contribution < -0.4 is 5.32 Å². The van der Waals surface area contributed by atoms with Crippen LogP contribution in [0.15, 0.2) is 0 Å². The van der Waals surface area contributed by atoms with E-state index in [1.807, 2.05) is 30.7 Å². The van der Waals surface area contributed by atoms with E-state index >= 15 is 0 Å². The number of nitrogens with one attached hydrogen (secondary N) is 1. The Morgan fingerprint density at radius 2 is 1.91 bits per heavy atom. The first-order chi connectivity index (χ1) is 11.0. The predicted octanol–water partition coefficient (Wildman–Crippen LogP) is 1.87. The second kappa shape index (κ2) is 8.67. The molecule has 0 spiro atoms. The average molecular weight is 323 g/mol. The van der Waals surface area contributed by atoms with Gasteiger partial charge >= 0.3 is 0 Å². The van der Waals surface area contributed by atoms with Crippen molar-refractivity contribution in [3.05, 3.63) is 0 Å². The van der Waals surface area contributed by atoms with Gasteiger partial charge in [0.15, 0.2) is 0 Å². The monoisotopic (exact) mass is 323 g/mol. The maximum Gasteiger partial charge on any atom is 0.226 e. The van der Waals surface area contributed by atoms with Gasteiger partial charge in [0.25, 0.3) is 0 Å². The van der Waals surface area contributed by atoms with Crippen molar-refractivity contribution in [1.29, 1.82) is 0 Å². The van der Waals surface area contributed by atoms with Crippen molar-refractivity contribution in [2.24, 2.45) is 11.8 Å². The molecule has 1 N–H and O–H groups in total. The molecule has 1 heterocycles. The van der Waals surface area contributed by atoms with Crippen molar-refractivity contribution >= 4 is 11.8 Å². The molecule has 0 radical (unpaired) electrons. The van der Waals surface area contributed by atoms with Crippen LogP contribution in [0.5, 0.6) is 0 Å². The van der Waals surface area contributed by atoms with Crippen molar-refractivity contribution in [2.75, 3.05) is 33.2 Å². The summed E-state index contributed by atoms with van der Waals surface area (Å²) in [5, 5.41) is 3.63. The van der Waals surface area contributed by atoms with E-state index in [1.165, 1.54) is 12.8 Å². The van der Waals surface area contributed by atoms with Gasteiger partial charge < -0.3 is 15.1 Å². The van der Waals surface area contributed by atoms with Gasteiger partial charge in [-0.2, -0.15) is 0 Å². The predicted molar refractivity (Wildman–Crippen MR) is 92.0 cm³/mol. The highest BCUT2D eigenvalue weighted by molar-refractivity contribution is 5.85. The van der Waals surface area contributed by atoms with Crippen LogP contribution in [-0.2, 0) is 9.59 Å². The molecule has 23 heavy (non-hydrogen) atoms. The molecule has 0 aromatic rings. The lowest BCUT2D eigenvalue weighted by Crippen LogP contribution is -2.43. The van der Waals surface area contributed by atoms with Crippen LogP contribution >= 0.6 is 0 Å². The fourth-order valence-corrected chi connectivity index (χ4v) is 3.43. The number of hydrogen-bond donors (Lipinski definition) is 1. The zero-order chi connectivity index (χ0) is 16.8. The van der Waals surface area contributed by atoms with Gasteiger partial charge in [-0.25, -0.2) is 0 Å². The summed E-state index contributed by atoms with van der Waals surface area (Å²) in [5.74, 6) is 0.962. The fraction of sp³-hybridized carbons (Fsp3) is 0.889. The minimum Gasteiger partial charge on any atom is -0.344 e. The van der Waals surface area contributed by atoms with Crippen molar-refractivity contribution < 1.29 is 9.59 Å². The zero-order valence-electron chi connectivity index (χ0n) is 15.0. The number of likely N-dealkylation sites (N-methyl/N-ethyl adjacent to an activating group) is 1. The molecule has 0 aromatic heterocycles. The van der Waals surface area contributed by atoms with Gasteiger partial charge in [-0.15, -0.1) is 0 Å². The maximum atomic E-state index is 12.6. The highest BCUT2D eigenvalue weighted by atomic mass is 16.2. The SMILES string of the molecule is CCN(CC)C(=O)[C@@H]1CCC[C@@H](NCC2CC2)CN(C)C(=O)C1. The van der Waals surface area contributed by atoms with Crippen LogP contribution in [0.3, 0.4) is 0 Å². The van der Waals surface area contributed by atoms with Crippen molar-refractivity contribution in [3.8, 4) is 0 Å². The molecule has 1 aliphatic heterocycles. The third-order valence-corrected chi connectivity index (χ3v) is 5.26. The molecule has 1 saturated carbocycles. The highest BCUT2D eigenvalue weighted by Gasteiger charge is 2.29. The molecule has 2 atom stereocenters. The quantitative estimate of drug-likeness (QED) is 0.812. The highest BCUT2D eigenvalue weighted by Crippen LogP contribution is 2.28. The Morgan fingerprint density at radius 3 is 2.52 bits per heavy atom. The Kier molecular flexibility index (Phi) is 6.88. The number of carbonyl (C=O) groups excluding carboxylic acids is 2. The van der Waals surface area contributed by atoms with E-state index in [0.29, 0.717) is 12.5 Å². The number of carbonyl (C=O) groups is 2. The summed E-state index contributed by atoms with van der Waals surface area (Å²) >= 11 is 0. The van der Waals surface area contributed by atoms with Crippen molar-refractivity contribution in [1.82, 2.24) is 15.1 Å². The molecule has 0 aromatic carbocycles. The molecule has 2 aliphatic rings. The largest absolute Gasteiger partial charge is 0.344 e. The normalized spacial score (nSPS) is 26.4. The van der Waals surface area contributed by atoms with Gasteiger partial charge in [0, 0.05) is 45.1 Å². The number of nitrogens with zero attached hydrogens (tertiary/aromatic N) is 2. The second-order valence-corrected chi connectivity index (χ2v) is 7.17. The van der Waals surface area contributed by atoms with E-state index in [-0.39, 0.29) is 17.7 Å². The van der Waals surface area contributed by atoms with Crippen LogP contribution in [0.4, 0.5) is 0 Å². The van der Waals surface area contributed by atoms with E-state index in [9.17, 15) is 9.59 Å². The molecule has 0 bridgehead atoms. The van der Waals surface area contributed by atoms with Crippen LogP contribution in [0, 0.1) is 11.8 Å². The van der Waals surface area contributed by atoms with Crippen LogP contribution in [0.1, 0.15) is 52.4 Å². The molecule has 5 heteroatoms. The Morgan fingerprint density at radius 1 is 1.22 bits per heavy atom. The minimum atomic E-state index is -0.146. The summed E-state index contributed by atoms with van der Waals surface area (Å²) < 4.78 is 0. The Hall–Kier alpha value is -1.10. The summed E-state index contributed by atoms with van der Waals surface area (Å²) in [6, 6.07) is 0.367. The lowest BCUT2D eigenvalue weighted by atomic mass is 9.95. The first-order valence-electron chi connectivity index (χ1n) is 9.31. The standard InChI is InChI=1S/C18H33N3O2/c1-4-21(5-2)18(23)15-7-6-8-16(19-12-14-9-10-14)13-20(3)17(22)11-15/h14-16,19H,4-13H2,1-3H3/t15-,16-/m1/s1. The van der Waals surface area contributed by atoms with Gasteiger partial charge in [0.2, 0.25) is 11.8 Å². The Bertz CT molecular complexity index is 405. The maximum absolute atomic E-state index is 12.6. The molecule has 1 saturated heterocycles. The Labute approximate surface area is 140 Å². The summed E-state index contributed by atoms with van der Waals surface area (Å²) in [6.07, 6.45) is 5.94. The fourth-order valence-electron chi connectivity index (χ4n) is 3.43. The average Bonchev–Trinajstić information content (AvgIpc) is 3.35. The number of hydrogen-bond acceptors (Lipinski definition) is 3. The van der Waals surface area contributed by atoms with Crippen molar-refractivity contribution in [3.63, 3.8) is 0 Å². The number of rotatable bonds is 6. The first kappa shape index (κ1) is 18.2. The van der Waals surface area contributed by atoms with E-state index < -0.39 is 0 Å². The molecular formula is C18H33N3O2. The lowest BCUT2D eigenvalue weighted by Gasteiger charge is -2.26. The third kappa shape index (κ3) is 5.48. The van der Waals surface area contributed by atoms with Gasteiger partial charge in [0.1, 0.15) is 0 Å². The summed E-state index contributed by atoms with van der Waals surface area (Å²) in [6.45, 7) is 7.29. The van der Waals surface area contributed by atoms with E-state index in [0.717, 1.165) is 51.4 Å². The molecule has 2 fully saturated rings. The summed E-state index contributed by atoms with van der Waals surface area (Å²) in [5.41, 5.74) is 0. The third-order valence-electron chi connectivity index (χ3n) is 5.26. The van der Waals surface area contributed by atoms with Crippen LogP contribution in [0.2, 0.25) is 0 Å². The topological polar surface area (TPSA) is 52.7 Å². The molecule has 2 amide bonds. The van der Waals surface area contributed by atoms with E-state index in [4.69, 9.17) is 0 Å². The summed E-state index contributed by atoms with van der Waals surface area (Å²) in [7, 11) is 1.87. The van der Waals surface area contributed by atoms with Gasteiger partial charge in [0.05, 0.1) is 0 Å².